The fraction of sp³-hybridized carbons (Fsp3) is 1.00. The molecule has 0 amide bonds. The van der Waals surface area contributed by atoms with Gasteiger partial charge in [0.1, 0.15) is 25.7 Å². The predicted octanol–water partition coefficient (Wildman–Crippen LogP) is -1.35. The Bertz CT molecular complexity index is 193. The Morgan fingerprint density at radius 2 is 2.38 bits per heavy atom. The second-order valence-electron chi connectivity index (χ2n) is 3.30. The average molecular weight is 259 g/mol. The molecule has 0 spiro atoms. The smallest absolute Gasteiger partial charge is 0.142 e. The zero-order valence-corrected chi connectivity index (χ0v) is 10.3. The second-order valence-corrected chi connectivity index (χ2v) is 3.30. The van der Waals surface area contributed by atoms with Gasteiger partial charge >= 0.3 is 0 Å². The van der Waals surface area contributed by atoms with Gasteiger partial charge in [0.2, 0.25) is 0 Å². The fourth-order valence-electron chi connectivity index (χ4n) is 1.83. The minimum absolute atomic E-state index is 0. The molecule has 2 rings (SSSR count). The van der Waals surface area contributed by atoms with Gasteiger partial charge in [-0.05, 0) is 0 Å². The zero-order chi connectivity index (χ0) is 8.77. The molecule has 13 heavy (non-hydrogen) atoms. The molecule has 2 aliphatic heterocycles. The summed E-state index contributed by atoms with van der Waals surface area (Å²) >= 11 is 0. The number of rotatable bonds is 2. The van der Waals surface area contributed by atoms with Crippen molar-refractivity contribution in [3.63, 3.8) is 0 Å². The summed E-state index contributed by atoms with van der Waals surface area (Å²) in [6.07, 6.45) is -1.05. The summed E-state index contributed by atoms with van der Waals surface area (Å²) in [4.78, 5) is 0. The molecular formula is C7H11BO4Y. The molecule has 2 aliphatic rings. The first-order chi connectivity index (χ1) is 5.69. The quantitative estimate of drug-likeness (QED) is 0.623. The standard InChI is InChI=1S/C7H11BO4.Y/c1-10-2-7-3-11-4(5(7)9)6(8)12-7;/h4-6,9H,2-3H2,1H3;/t4-,5+,6-,7+;/m1./s1. The molecule has 4 nitrogen and oxygen atoms in total. The van der Waals surface area contributed by atoms with Crippen LogP contribution >= 0.6 is 0 Å². The number of aliphatic hydroxyl groups excluding tert-OH is 1. The van der Waals surface area contributed by atoms with Crippen LogP contribution in [0.5, 0.6) is 0 Å². The molecule has 0 aliphatic carbocycles. The van der Waals surface area contributed by atoms with Crippen molar-refractivity contribution in [2.24, 2.45) is 0 Å². The molecule has 0 aromatic rings. The van der Waals surface area contributed by atoms with Gasteiger partial charge in [0.25, 0.3) is 0 Å². The van der Waals surface area contributed by atoms with Crippen molar-refractivity contribution in [3.8, 4) is 0 Å². The van der Waals surface area contributed by atoms with Crippen molar-refractivity contribution < 1.29 is 52.0 Å². The van der Waals surface area contributed by atoms with E-state index >= 15 is 0 Å². The Balaban J connectivity index is 0.000000845. The minimum atomic E-state index is -0.723. The Labute approximate surface area is 104 Å². The van der Waals surface area contributed by atoms with Gasteiger partial charge in [0.05, 0.1) is 13.2 Å². The van der Waals surface area contributed by atoms with Gasteiger partial charge < -0.3 is 19.3 Å². The van der Waals surface area contributed by atoms with E-state index in [0.29, 0.717) is 13.2 Å². The molecule has 4 atom stereocenters. The first-order valence-corrected chi connectivity index (χ1v) is 3.92. The van der Waals surface area contributed by atoms with Crippen molar-refractivity contribution in [1.82, 2.24) is 0 Å². The second kappa shape index (κ2) is 4.25. The van der Waals surface area contributed by atoms with Crippen LogP contribution in [0.15, 0.2) is 0 Å². The van der Waals surface area contributed by atoms with Crippen LogP contribution < -0.4 is 0 Å². The molecule has 6 heteroatoms. The molecule has 2 bridgehead atoms. The Morgan fingerprint density at radius 3 is 2.77 bits per heavy atom. The molecule has 3 radical (unpaired) electrons. The van der Waals surface area contributed by atoms with Crippen molar-refractivity contribution in [1.29, 1.82) is 0 Å². The van der Waals surface area contributed by atoms with Gasteiger partial charge in [-0.1, -0.05) is 0 Å². The largest absolute Gasteiger partial charge is 0.387 e. The summed E-state index contributed by atoms with van der Waals surface area (Å²) in [5, 5.41) is 9.67. The van der Waals surface area contributed by atoms with Gasteiger partial charge in [0, 0.05) is 45.8 Å². The van der Waals surface area contributed by atoms with E-state index in [0.717, 1.165) is 0 Å². The first-order valence-electron chi connectivity index (χ1n) is 3.92. The van der Waals surface area contributed by atoms with Gasteiger partial charge in [-0.15, -0.1) is 0 Å². The van der Waals surface area contributed by atoms with Gasteiger partial charge in [-0.3, -0.25) is 0 Å². The van der Waals surface area contributed by atoms with E-state index in [1.165, 1.54) is 0 Å². The van der Waals surface area contributed by atoms with E-state index in [-0.39, 0.29) is 38.8 Å². The van der Waals surface area contributed by atoms with Crippen molar-refractivity contribution in [3.05, 3.63) is 0 Å². The van der Waals surface area contributed by atoms with Crippen LogP contribution in [0.4, 0.5) is 0 Å². The van der Waals surface area contributed by atoms with Gasteiger partial charge in [0.15, 0.2) is 0 Å². The molecule has 2 heterocycles. The van der Waals surface area contributed by atoms with E-state index in [1.54, 1.807) is 7.11 Å². The normalized spacial score (nSPS) is 47.7. The third kappa shape index (κ3) is 1.75. The van der Waals surface area contributed by atoms with Gasteiger partial charge in [-0.25, -0.2) is 0 Å². The molecule has 0 aromatic heterocycles. The SMILES string of the molecule is [B][C@@H]1O[C@@]2(COC)CO[C@@H]1[C@@H]2O.[Y]. The maximum absolute atomic E-state index is 9.67. The maximum atomic E-state index is 9.67. The van der Waals surface area contributed by atoms with Crippen molar-refractivity contribution in [2.75, 3.05) is 20.3 Å². The summed E-state index contributed by atoms with van der Waals surface area (Å²) < 4.78 is 15.6. The molecule has 69 valence electrons. The van der Waals surface area contributed by atoms with Crippen LogP contribution in [0, 0.1) is 0 Å². The Hall–Kier alpha value is 1.01. The van der Waals surface area contributed by atoms with E-state index in [2.05, 4.69) is 0 Å². The number of hydrogen-bond donors (Lipinski definition) is 1. The van der Waals surface area contributed by atoms with Crippen LogP contribution in [0.3, 0.4) is 0 Å². The number of methoxy groups -OCH3 is 1. The van der Waals surface area contributed by atoms with Crippen LogP contribution in [0.25, 0.3) is 0 Å². The summed E-state index contributed by atoms with van der Waals surface area (Å²) in [6, 6.07) is -0.524. The van der Waals surface area contributed by atoms with Crippen molar-refractivity contribution >= 4 is 7.85 Å². The topological polar surface area (TPSA) is 47.9 Å². The maximum Gasteiger partial charge on any atom is 0.142 e. The molecular weight excluding hydrogens is 248 g/mol. The average Bonchev–Trinajstić information content (AvgIpc) is 2.41. The molecule has 0 aromatic carbocycles. The summed E-state index contributed by atoms with van der Waals surface area (Å²) in [5.41, 5.74) is -0.723. The van der Waals surface area contributed by atoms with Crippen LogP contribution in [0.2, 0.25) is 0 Å². The van der Waals surface area contributed by atoms with Crippen LogP contribution in [0.1, 0.15) is 0 Å². The number of fused-ring (bicyclic) bond motifs is 2. The predicted molar refractivity (Wildman–Crippen MR) is 41.0 cm³/mol. The van der Waals surface area contributed by atoms with E-state index in [9.17, 15) is 5.11 Å². The molecule has 0 saturated carbocycles. The van der Waals surface area contributed by atoms with Crippen LogP contribution in [-0.2, 0) is 46.9 Å². The summed E-state index contributed by atoms with van der Waals surface area (Å²) in [6.45, 7) is 0.679. The number of hydrogen-bond acceptors (Lipinski definition) is 4. The molecule has 2 fully saturated rings. The zero-order valence-electron chi connectivity index (χ0n) is 7.47. The summed E-state index contributed by atoms with van der Waals surface area (Å²) in [7, 11) is 7.12. The van der Waals surface area contributed by atoms with Crippen LogP contribution in [-0.4, -0.2) is 57.1 Å². The first kappa shape index (κ1) is 12.1. The fourth-order valence-corrected chi connectivity index (χ4v) is 1.83. The van der Waals surface area contributed by atoms with E-state index in [4.69, 9.17) is 22.1 Å². The van der Waals surface area contributed by atoms with Crippen molar-refractivity contribution in [2.45, 2.75) is 23.8 Å². The molecule has 0 unspecified atom stereocenters. The molecule has 2 saturated heterocycles. The van der Waals surface area contributed by atoms with E-state index < -0.39 is 17.7 Å². The Kier molecular flexibility index (Phi) is 3.95. The summed E-state index contributed by atoms with van der Waals surface area (Å²) in [5.74, 6) is 0. The monoisotopic (exact) mass is 259 g/mol. The number of ether oxygens (including phenoxy) is 3. The third-order valence-corrected chi connectivity index (χ3v) is 2.45. The molecule has 1 N–H and O–H groups in total. The van der Waals surface area contributed by atoms with E-state index in [1.807, 2.05) is 0 Å². The third-order valence-electron chi connectivity index (χ3n) is 2.45. The Morgan fingerprint density at radius 1 is 1.69 bits per heavy atom. The minimum Gasteiger partial charge on any atom is -0.387 e. The van der Waals surface area contributed by atoms with Gasteiger partial charge in [-0.2, -0.15) is 0 Å². The number of aliphatic hydroxyl groups is 1.